The van der Waals surface area contributed by atoms with Gasteiger partial charge in [-0.25, -0.2) is 0 Å². The molecule has 0 radical (unpaired) electrons. The normalized spacial score (nSPS) is 13.2. The van der Waals surface area contributed by atoms with Crippen molar-refractivity contribution in [3.05, 3.63) is 34.6 Å². The van der Waals surface area contributed by atoms with E-state index in [1.165, 1.54) is 6.07 Å². The molecule has 0 fully saturated rings. The third-order valence-electron chi connectivity index (χ3n) is 3.44. The summed E-state index contributed by atoms with van der Waals surface area (Å²) < 4.78 is 10.4. The monoisotopic (exact) mass is 271 g/mol. The van der Waals surface area contributed by atoms with Gasteiger partial charge in [0.05, 0.1) is 10.9 Å². The molecule has 0 spiro atoms. The van der Waals surface area contributed by atoms with Crippen LogP contribution in [0, 0.1) is 0 Å². The molecule has 4 rings (SSSR count). The highest BCUT2D eigenvalue weighted by molar-refractivity contribution is 6.10. The fourth-order valence-corrected chi connectivity index (χ4v) is 2.54. The maximum absolute atomic E-state index is 12.1. The molecule has 1 aliphatic rings. The number of aromatic nitrogens is 1. The number of fused-ring (bicyclic) bond motifs is 4. The lowest BCUT2D eigenvalue weighted by Gasteiger charge is -2.08. The van der Waals surface area contributed by atoms with Crippen LogP contribution in [0.3, 0.4) is 0 Å². The number of para-hydroxylation sites is 1. The third kappa shape index (κ3) is 1.25. The van der Waals surface area contributed by atoms with Gasteiger partial charge in [0.25, 0.3) is 5.56 Å². The number of aromatic amines is 1. The molecule has 0 bridgehead atoms. The van der Waals surface area contributed by atoms with Crippen molar-refractivity contribution in [2.24, 2.45) is 0 Å². The van der Waals surface area contributed by atoms with Crippen molar-refractivity contribution in [1.82, 2.24) is 4.98 Å². The molecular weight excluding hydrogens is 262 g/mol. The van der Waals surface area contributed by atoms with Gasteiger partial charge in [0.1, 0.15) is 5.75 Å². The summed E-state index contributed by atoms with van der Waals surface area (Å²) in [6.45, 7) is 0.000300. The van der Waals surface area contributed by atoms with Crippen LogP contribution < -0.4 is 15.0 Å². The molecule has 6 nitrogen and oxygen atoms in total. The van der Waals surface area contributed by atoms with E-state index >= 15 is 0 Å². The summed E-state index contributed by atoms with van der Waals surface area (Å²) in [6, 6.07) is 6.53. The first kappa shape index (κ1) is 11.0. The summed E-state index contributed by atoms with van der Waals surface area (Å²) in [5.74, 6) is 0.271. The summed E-state index contributed by atoms with van der Waals surface area (Å²) in [6.07, 6.45) is 0. The van der Waals surface area contributed by atoms with Crippen molar-refractivity contribution in [2.75, 3.05) is 6.79 Å². The topological polar surface area (TPSA) is 91.8 Å². The molecule has 0 saturated carbocycles. The molecule has 0 atom stereocenters. The summed E-state index contributed by atoms with van der Waals surface area (Å²) in [7, 11) is 0. The van der Waals surface area contributed by atoms with Gasteiger partial charge in [-0.1, -0.05) is 12.1 Å². The van der Waals surface area contributed by atoms with Crippen LogP contribution in [0.2, 0.25) is 0 Å². The second-order valence-corrected chi connectivity index (χ2v) is 4.54. The fraction of sp³-hybridized carbons (Fsp3) is 0.0714. The first-order valence-electron chi connectivity index (χ1n) is 5.96. The van der Waals surface area contributed by atoms with Crippen molar-refractivity contribution in [3.63, 3.8) is 0 Å². The molecule has 0 amide bonds. The molecule has 3 N–H and O–H groups in total. The van der Waals surface area contributed by atoms with E-state index in [0.29, 0.717) is 22.0 Å². The first-order valence-corrected chi connectivity index (χ1v) is 5.96. The predicted molar refractivity (Wildman–Crippen MR) is 71.5 cm³/mol. The lowest BCUT2D eigenvalue weighted by Crippen LogP contribution is -2.06. The highest BCUT2D eigenvalue weighted by Crippen LogP contribution is 2.45. The smallest absolute Gasteiger partial charge is 0.260 e. The molecular formula is C14H9NO5. The van der Waals surface area contributed by atoms with Crippen molar-refractivity contribution >= 4 is 21.7 Å². The maximum atomic E-state index is 12.1. The number of hydrogen-bond donors (Lipinski definition) is 3. The van der Waals surface area contributed by atoms with Crippen molar-refractivity contribution in [1.29, 1.82) is 0 Å². The van der Waals surface area contributed by atoms with Crippen molar-refractivity contribution in [3.8, 4) is 23.0 Å². The van der Waals surface area contributed by atoms with E-state index in [4.69, 9.17) is 9.47 Å². The van der Waals surface area contributed by atoms with Gasteiger partial charge in [-0.2, -0.15) is 0 Å². The lowest BCUT2D eigenvalue weighted by molar-refractivity contribution is 0.171. The van der Waals surface area contributed by atoms with E-state index in [1.807, 2.05) is 0 Å². The Bertz CT molecular complexity index is 928. The van der Waals surface area contributed by atoms with E-state index < -0.39 is 5.56 Å². The summed E-state index contributed by atoms with van der Waals surface area (Å²) in [4.78, 5) is 14.7. The van der Waals surface area contributed by atoms with Gasteiger partial charge >= 0.3 is 0 Å². The molecule has 0 unspecified atom stereocenters. The molecule has 1 aromatic heterocycles. The van der Waals surface area contributed by atoms with Crippen LogP contribution in [0.1, 0.15) is 0 Å². The first-order chi connectivity index (χ1) is 9.66. The average molecular weight is 271 g/mol. The Morgan fingerprint density at radius 2 is 2.00 bits per heavy atom. The van der Waals surface area contributed by atoms with E-state index in [2.05, 4.69) is 4.98 Å². The number of rotatable bonds is 0. The molecule has 20 heavy (non-hydrogen) atoms. The predicted octanol–water partition coefficient (Wildman–Crippen LogP) is 1.82. The molecule has 3 aromatic rings. The number of pyridine rings is 1. The molecule has 0 saturated heterocycles. The molecule has 1 aliphatic heterocycles. The van der Waals surface area contributed by atoms with Crippen molar-refractivity contribution in [2.45, 2.75) is 0 Å². The summed E-state index contributed by atoms with van der Waals surface area (Å²) in [5, 5.41) is 21.3. The number of ether oxygens (including phenoxy) is 2. The number of H-pyrrole nitrogens is 1. The van der Waals surface area contributed by atoms with Crippen LogP contribution in [-0.4, -0.2) is 22.0 Å². The van der Waals surface area contributed by atoms with Gasteiger partial charge in [0.2, 0.25) is 12.5 Å². The van der Waals surface area contributed by atoms with Crippen LogP contribution in [0.4, 0.5) is 0 Å². The minimum Gasteiger partial charge on any atom is -0.506 e. The number of aromatic hydroxyl groups is 2. The Balaban J connectivity index is 2.31. The van der Waals surface area contributed by atoms with E-state index in [1.54, 1.807) is 18.2 Å². The highest BCUT2D eigenvalue weighted by Gasteiger charge is 2.23. The minimum atomic E-state index is -0.496. The quantitative estimate of drug-likeness (QED) is 0.542. The summed E-state index contributed by atoms with van der Waals surface area (Å²) in [5.41, 5.74) is -0.173. The zero-order chi connectivity index (χ0) is 13.9. The fourth-order valence-electron chi connectivity index (χ4n) is 2.54. The van der Waals surface area contributed by atoms with Crippen LogP contribution in [0.5, 0.6) is 23.0 Å². The Morgan fingerprint density at radius 1 is 1.15 bits per heavy atom. The Morgan fingerprint density at radius 3 is 2.85 bits per heavy atom. The van der Waals surface area contributed by atoms with Gasteiger partial charge in [0, 0.05) is 10.8 Å². The van der Waals surface area contributed by atoms with Crippen LogP contribution in [0.15, 0.2) is 29.1 Å². The van der Waals surface area contributed by atoms with Crippen LogP contribution >= 0.6 is 0 Å². The minimum absolute atomic E-state index is 0.000300. The van der Waals surface area contributed by atoms with E-state index in [9.17, 15) is 15.0 Å². The number of nitrogens with one attached hydrogen (secondary N) is 1. The number of phenols is 2. The van der Waals surface area contributed by atoms with Crippen LogP contribution in [-0.2, 0) is 0 Å². The largest absolute Gasteiger partial charge is 0.506 e. The highest BCUT2D eigenvalue weighted by atomic mass is 16.7. The Kier molecular flexibility index (Phi) is 1.96. The van der Waals surface area contributed by atoms with Gasteiger partial charge in [0.15, 0.2) is 11.5 Å². The molecule has 0 aliphatic carbocycles. The Labute approximate surface area is 111 Å². The number of phenolic OH excluding ortho intramolecular Hbond substituents is 2. The second-order valence-electron chi connectivity index (χ2n) is 4.54. The molecule has 6 heteroatoms. The average Bonchev–Trinajstić information content (AvgIpc) is 2.89. The van der Waals surface area contributed by atoms with E-state index in [-0.39, 0.29) is 29.4 Å². The number of benzene rings is 2. The van der Waals surface area contributed by atoms with Crippen LogP contribution in [0.25, 0.3) is 21.7 Å². The van der Waals surface area contributed by atoms with E-state index in [0.717, 1.165) is 0 Å². The maximum Gasteiger partial charge on any atom is 0.260 e. The zero-order valence-corrected chi connectivity index (χ0v) is 10.1. The van der Waals surface area contributed by atoms with Gasteiger partial charge < -0.3 is 24.7 Å². The van der Waals surface area contributed by atoms with Gasteiger partial charge in [-0.3, -0.25) is 4.79 Å². The summed E-state index contributed by atoms with van der Waals surface area (Å²) >= 11 is 0. The SMILES string of the molecule is O=c1[nH]c2c(O)cccc2c2cc3c(c(O)c12)OCO3. The Hall–Kier alpha value is -2.89. The van der Waals surface area contributed by atoms with Crippen molar-refractivity contribution < 1.29 is 19.7 Å². The standard InChI is InChI=1S/C14H9NO5/c16-8-3-1-2-6-7-4-9-13(20-5-19-9)12(17)10(7)14(18)15-11(6)8/h1-4,16-17H,5H2,(H,15,18). The third-order valence-corrected chi connectivity index (χ3v) is 3.44. The molecule has 2 heterocycles. The zero-order valence-electron chi connectivity index (χ0n) is 10.1. The lowest BCUT2D eigenvalue weighted by atomic mass is 10.0. The van der Waals surface area contributed by atoms with Gasteiger partial charge in [-0.15, -0.1) is 0 Å². The molecule has 100 valence electrons. The van der Waals surface area contributed by atoms with Gasteiger partial charge in [-0.05, 0) is 12.1 Å². The number of hydrogen-bond acceptors (Lipinski definition) is 5. The molecule has 2 aromatic carbocycles. The second kappa shape index (κ2) is 3.57.